The van der Waals surface area contributed by atoms with Crippen molar-refractivity contribution in [1.29, 1.82) is 0 Å². The summed E-state index contributed by atoms with van der Waals surface area (Å²) in [6.45, 7) is 3.77. The summed E-state index contributed by atoms with van der Waals surface area (Å²) in [4.78, 5) is 12.2. The smallest absolute Gasteiger partial charge is 0.343 e. The van der Waals surface area contributed by atoms with E-state index in [2.05, 4.69) is 0 Å². The third-order valence-corrected chi connectivity index (χ3v) is 3.55. The number of alkyl halides is 2. The summed E-state index contributed by atoms with van der Waals surface area (Å²) in [5, 5.41) is 0. The van der Waals surface area contributed by atoms with Gasteiger partial charge in [0.15, 0.2) is 11.6 Å². The van der Waals surface area contributed by atoms with Gasteiger partial charge in [0.05, 0.1) is 12.2 Å². The molecule has 0 saturated heterocycles. The Labute approximate surface area is 144 Å². The molecule has 2 aromatic rings. The van der Waals surface area contributed by atoms with Gasteiger partial charge in [-0.15, -0.1) is 0 Å². The van der Waals surface area contributed by atoms with E-state index in [1.807, 2.05) is 6.92 Å². The van der Waals surface area contributed by atoms with Crippen LogP contribution < -0.4 is 9.47 Å². The van der Waals surface area contributed by atoms with E-state index in [0.717, 1.165) is 30.5 Å². The van der Waals surface area contributed by atoms with Crippen LogP contribution in [0.1, 0.15) is 48.2 Å². The summed E-state index contributed by atoms with van der Waals surface area (Å²) < 4.78 is 50.5. The summed E-state index contributed by atoms with van der Waals surface area (Å²) in [7, 11) is 0. The molecule has 0 atom stereocenters. The van der Waals surface area contributed by atoms with E-state index in [1.165, 1.54) is 0 Å². The van der Waals surface area contributed by atoms with Gasteiger partial charge < -0.3 is 9.47 Å². The number of benzene rings is 2. The van der Waals surface area contributed by atoms with Gasteiger partial charge in [-0.05, 0) is 43.2 Å². The topological polar surface area (TPSA) is 35.5 Å². The third kappa shape index (κ3) is 4.53. The molecule has 0 spiro atoms. The first-order chi connectivity index (χ1) is 12.0. The minimum atomic E-state index is -3.14. The van der Waals surface area contributed by atoms with E-state index in [4.69, 9.17) is 9.47 Å². The Morgan fingerprint density at radius 1 is 1.04 bits per heavy atom. The SMILES string of the molecule is CCCc1ccc(C(=O)Oc2ccc(OCC)c(F)c2C(F)F)cc1. The Morgan fingerprint density at radius 3 is 2.24 bits per heavy atom. The zero-order valence-electron chi connectivity index (χ0n) is 14.0. The second kappa shape index (κ2) is 8.55. The highest BCUT2D eigenvalue weighted by molar-refractivity contribution is 5.91. The number of carbonyl (C=O) groups excluding carboxylic acids is 1. The zero-order chi connectivity index (χ0) is 18.4. The molecule has 0 aromatic heterocycles. The quantitative estimate of drug-likeness (QED) is 0.499. The first-order valence-electron chi connectivity index (χ1n) is 8.02. The molecular weight excluding hydrogens is 333 g/mol. The molecule has 0 fully saturated rings. The average Bonchev–Trinajstić information content (AvgIpc) is 2.58. The molecule has 0 radical (unpaired) electrons. The summed E-state index contributed by atoms with van der Waals surface area (Å²) in [5.74, 6) is -2.87. The number of rotatable bonds is 7. The monoisotopic (exact) mass is 352 g/mol. The Kier molecular flexibility index (Phi) is 6.44. The molecule has 0 unspecified atom stereocenters. The fourth-order valence-electron chi connectivity index (χ4n) is 2.37. The van der Waals surface area contributed by atoms with Crippen molar-refractivity contribution in [1.82, 2.24) is 0 Å². The summed E-state index contributed by atoms with van der Waals surface area (Å²) in [6, 6.07) is 8.93. The van der Waals surface area contributed by atoms with Crippen molar-refractivity contribution in [2.45, 2.75) is 33.1 Å². The average molecular weight is 352 g/mol. The Balaban J connectivity index is 2.26. The molecule has 2 rings (SSSR count). The van der Waals surface area contributed by atoms with Crippen LogP contribution in [0.5, 0.6) is 11.5 Å². The van der Waals surface area contributed by atoms with Crippen LogP contribution in [0.4, 0.5) is 13.2 Å². The van der Waals surface area contributed by atoms with Gasteiger partial charge in [0.1, 0.15) is 11.3 Å². The lowest BCUT2D eigenvalue weighted by atomic mass is 10.1. The summed E-state index contributed by atoms with van der Waals surface area (Å²) in [6.07, 6.45) is -1.31. The van der Waals surface area contributed by atoms with Crippen LogP contribution in [0.2, 0.25) is 0 Å². The van der Waals surface area contributed by atoms with Crippen LogP contribution >= 0.6 is 0 Å². The van der Waals surface area contributed by atoms with E-state index in [0.29, 0.717) is 0 Å². The van der Waals surface area contributed by atoms with Crippen LogP contribution in [0, 0.1) is 5.82 Å². The normalized spacial score (nSPS) is 10.8. The molecule has 0 N–H and O–H groups in total. The van der Waals surface area contributed by atoms with Gasteiger partial charge in [0, 0.05) is 0 Å². The highest BCUT2D eigenvalue weighted by Gasteiger charge is 2.25. The molecule has 0 saturated carbocycles. The zero-order valence-corrected chi connectivity index (χ0v) is 14.0. The number of ether oxygens (including phenoxy) is 2. The van der Waals surface area contributed by atoms with E-state index in [1.54, 1.807) is 31.2 Å². The molecule has 0 aliphatic carbocycles. The highest BCUT2D eigenvalue weighted by Crippen LogP contribution is 2.36. The van der Waals surface area contributed by atoms with E-state index in [-0.39, 0.29) is 17.9 Å². The number of esters is 1. The molecular formula is C19H19F3O3. The number of aryl methyl sites for hydroxylation is 1. The lowest BCUT2D eigenvalue weighted by Crippen LogP contribution is -2.11. The molecule has 3 nitrogen and oxygen atoms in total. The van der Waals surface area contributed by atoms with Crippen LogP contribution in [0.3, 0.4) is 0 Å². The Hall–Kier alpha value is -2.50. The maximum absolute atomic E-state index is 14.2. The van der Waals surface area contributed by atoms with Gasteiger partial charge in [-0.25, -0.2) is 18.0 Å². The maximum Gasteiger partial charge on any atom is 0.343 e. The van der Waals surface area contributed by atoms with Crippen molar-refractivity contribution in [3.05, 3.63) is 58.9 Å². The first-order valence-corrected chi connectivity index (χ1v) is 8.02. The number of halogens is 3. The van der Waals surface area contributed by atoms with Gasteiger partial charge in [-0.3, -0.25) is 0 Å². The fourth-order valence-corrected chi connectivity index (χ4v) is 2.37. The Bertz CT molecular complexity index is 727. The molecule has 134 valence electrons. The van der Waals surface area contributed by atoms with Gasteiger partial charge in [0.25, 0.3) is 6.43 Å². The Morgan fingerprint density at radius 2 is 1.68 bits per heavy atom. The number of hydrogen-bond donors (Lipinski definition) is 0. The predicted molar refractivity (Wildman–Crippen MR) is 87.9 cm³/mol. The van der Waals surface area contributed by atoms with Crippen molar-refractivity contribution < 1.29 is 27.4 Å². The predicted octanol–water partition coefficient (Wildman–Crippen LogP) is 5.33. The van der Waals surface area contributed by atoms with Crippen LogP contribution in [-0.4, -0.2) is 12.6 Å². The minimum Gasteiger partial charge on any atom is -0.491 e. The lowest BCUT2D eigenvalue weighted by Gasteiger charge is -2.13. The number of carbonyl (C=O) groups is 1. The molecule has 2 aromatic carbocycles. The van der Waals surface area contributed by atoms with Crippen LogP contribution in [-0.2, 0) is 6.42 Å². The molecule has 0 bridgehead atoms. The molecule has 0 amide bonds. The van der Waals surface area contributed by atoms with Gasteiger partial charge in [-0.1, -0.05) is 25.5 Å². The summed E-state index contributed by atoms with van der Waals surface area (Å²) >= 11 is 0. The van der Waals surface area contributed by atoms with E-state index < -0.39 is 29.5 Å². The molecule has 0 heterocycles. The second-order valence-electron chi connectivity index (χ2n) is 5.36. The van der Waals surface area contributed by atoms with Crippen LogP contribution in [0.15, 0.2) is 36.4 Å². The minimum absolute atomic E-state index is 0.128. The molecule has 0 aliphatic heterocycles. The fraction of sp³-hybridized carbons (Fsp3) is 0.316. The van der Waals surface area contributed by atoms with Crippen molar-refractivity contribution >= 4 is 5.97 Å². The van der Waals surface area contributed by atoms with Crippen molar-refractivity contribution in [3.63, 3.8) is 0 Å². The van der Waals surface area contributed by atoms with Gasteiger partial charge >= 0.3 is 5.97 Å². The van der Waals surface area contributed by atoms with E-state index >= 15 is 0 Å². The standard InChI is InChI=1S/C19H19F3O3/c1-3-5-12-6-8-13(9-7-12)19(23)25-14-10-11-15(24-4-2)17(20)16(14)18(21)22/h6-11,18H,3-5H2,1-2H3. The van der Waals surface area contributed by atoms with E-state index in [9.17, 15) is 18.0 Å². The van der Waals surface area contributed by atoms with Crippen LogP contribution in [0.25, 0.3) is 0 Å². The molecule has 25 heavy (non-hydrogen) atoms. The summed E-state index contributed by atoms with van der Waals surface area (Å²) in [5.41, 5.74) is 0.274. The van der Waals surface area contributed by atoms with Gasteiger partial charge in [0.2, 0.25) is 0 Å². The molecule has 6 heteroatoms. The van der Waals surface area contributed by atoms with Gasteiger partial charge in [-0.2, -0.15) is 0 Å². The first kappa shape index (κ1) is 18.8. The third-order valence-electron chi connectivity index (χ3n) is 3.55. The maximum atomic E-state index is 14.2. The van der Waals surface area contributed by atoms with Crippen molar-refractivity contribution in [2.24, 2.45) is 0 Å². The second-order valence-corrected chi connectivity index (χ2v) is 5.36. The largest absolute Gasteiger partial charge is 0.491 e. The number of hydrogen-bond acceptors (Lipinski definition) is 3. The van der Waals surface area contributed by atoms with Crippen molar-refractivity contribution in [3.8, 4) is 11.5 Å². The molecule has 0 aliphatic rings. The highest BCUT2D eigenvalue weighted by atomic mass is 19.3. The lowest BCUT2D eigenvalue weighted by molar-refractivity contribution is 0.0720. The van der Waals surface area contributed by atoms with Crippen molar-refractivity contribution in [2.75, 3.05) is 6.61 Å².